The zero-order chi connectivity index (χ0) is 21.5. The van der Waals surface area contributed by atoms with E-state index in [1.165, 1.54) is 0 Å². The van der Waals surface area contributed by atoms with E-state index in [1.807, 2.05) is 49.4 Å². The molecule has 0 unspecified atom stereocenters. The van der Waals surface area contributed by atoms with E-state index in [9.17, 15) is 4.79 Å². The van der Waals surface area contributed by atoms with Gasteiger partial charge in [-0.15, -0.1) is 0 Å². The van der Waals surface area contributed by atoms with Crippen molar-refractivity contribution in [2.45, 2.75) is 26.3 Å². The number of carbonyl (C=O) groups is 1. The molecule has 1 amide bonds. The van der Waals surface area contributed by atoms with Crippen molar-refractivity contribution in [3.63, 3.8) is 0 Å². The normalized spacial score (nSPS) is 10.9. The number of aromatic nitrogens is 3. The summed E-state index contributed by atoms with van der Waals surface area (Å²) >= 11 is 0. The molecule has 0 aliphatic rings. The van der Waals surface area contributed by atoms with Gasteiger partial charge in [-0.05, 0) is 49.2 Å². The highest BCUT2D eigenvalue weighted by atomic mass is 16.5. The van der Waals surface area contributed by atoms with Crippen molar-refractivity contribution in [1.29, 1.82) is 0 Å². The van der Waals surface area contributed by atoms with Gasteiger partial charge in [0.05, 0.1) is 23.1 Å². The maximum Gasteiger partial charge on any atom is 0.252 e. The highest BCUT2D eigenvalue weighted by Crippen LogP contribution is 2.19. The number of benzene rings is 2. The predicted octanol–water partition coefficient (Wildman–Crippen LogP) is 4.18. The van der Waals surface area contributed by atoms with Crippen LogP contribution in [0.3, 0.4) is 0 Å². The maximum atomic E-state index is 12.2. The summed E-state index contributed by atoms with van der Waals surface area (Å²) in [7, 11) is 0. The van der Waals surface area contributed by atoms with Gasteiger partial charge in [0, 0.05) is 25.4 Å². The van der Waals surface area contributed by atoms with Gasteiger partial charge in [0.1, 0.15) is 18.2 Å². The highest BCUT2D eigenvalue weighted by Gasteiger charge is 2.11. The summed E-state index contributed by atoms with van der Waals surface area (Å²) in [6.07, 6.45) is 4.80. The second-order valence-corrected chi connectivity index (χ2v) is 7.38. The Morgan fingerprint density at radius 3 is 2.74 bits per heavy atom. The van der Waals surface area contributed by atoms with Crippen LogP contribution < -0.4 is 10.1 Å². The molecule has 2 aromatic carbocycles. The molecule has 6 heteroatoms. The quantitative estimate of drug-likeness (QED) is 0.417. The number of nitrogens with zero attached hydrogens (tertiary/aromatic N) is 3. The third-order valence-corrected chi connectivity index (χ3v) is 5.19. The molecular formula is C25H26N4O2. The summed E-state index contributed by atoms with van der Waals surface area (Å²) in [4.78, 5) is 21.0. The van der Waals surface area contributed by atoms with Gasteiger partial charge in [-0.3, -0.25) is 9.78 Å². The van der Waals surface area contributed by atoms with Crippen LogP contribution in [0.5, 0.6) is 5.75 Å². The lowest BCUT2D eigenvalue weighted by Gasteiger charge is -2.12. The Bertz CT molecular complexity index is 1150. The first-order valence-corrected chi connectivity index (χ1v) is 10.5. The zero-order valence-electron chi connectivity index (χ0n) is 17.6. The Labute approximate surface area is 181 Å². The van der Waals surface area contributed by atoms with Gasteiger partial charge in [-0.25, -0.2) is 4.98 Å². The minimum absolute atomic E-state index is 0.103. The first-order chi connectivity index (χ1) is 15.2. The molecule has 31 heavy (non-hydrogen) atoms. The van der Waals surface area contributed by atoms with Gasteiger partial charge in [-0.1, -0.05) is 30.3 Å². The number of pyridine rings is 1. The fourth-order valence-electron chi connectivity index (χ4n) is 3.58. The number of fused-ring (bicyclic) bond motifs is 1. The van der Waals surface area contributed by atoms with Crippen molar-refractivity contribution in [3.8, 4) is 5.75 Å². The lowest BCUT2D eigenvalue weighted by molar-refractivity contribution is 0.0952. The third-order valence-electron chi connectivity index (χ3n) is 5.19. The number of imidazole rings is 1. The fraction of sp³-hybridized carbons (Fsp3) is 0.240. The molecule has 158 valence electrons. The smallest absolute Gasteiger partial charge is 0.252 e. The summed E-state index contributed by atoms with van der Waals surface area (Å²) in [5.74, 6) is 1.81. The summed E-state index contributed by atoms with van der Waals surface area (Å²) < 4.78 is 8.23. The molecule has 2 heterocycles. The van der Waals surface area contributed by atoms with E-state index in [0.29, 0.717) is 25.3 Å². The second kappa shape index (κ2) is 9.89. The number of carbonyl (C=O) groups excluding carboxylic acids is 1. The van der Waals surface area contributed by atoms with Crippen molar-refractivity contribution in [2.75, 3.05) is 13.2 Å². The minimum atomic E-state index is -0.103. The van der Waals surface area contributed by atoms with Crippen LogP contribution in [0.2, 0.25) is 0 Å². The maximum absolute atomic E-state index is 12.2. The van der Waals surface area contributed by atoms with Crippen LogP contribution in [0, 0.1) is 6.92 Å². The van der Waals surface area contributed by atoms with Crippen LogP contribution in [0.4, 0.5) is 0 Å². The molecule has 0 bridgehead atoms. The second-order valence-electron chi connectivity index (χ2n) is 7.38. The van der Waals surface area contributed by atoms with Crippen molar-refractivity contribution < 1.29 is 9.53 Å². The number of rotatable bonds is 9. The average Bonchev–Trinajstić information content (AvgIpc) is 3.16. The Kier molecular flexibility index (Phi) is 6.57. The molecule has 1 N–H and O–H groups in total. The molecule has 0 radical (unpaired) electrons. The van der Waals surface area contributed by atoms with Crippen molar-refractivity contribution in [1.82, 2.24) is 19.9 Å². The van der Waals surface area contributed by atoms with E-state index < -0.39 is 0 Å². The van der Waals surface area contributed by atoms with E-state index in [2.05, 4.69) is 20.9 Å². The molecule has 0 aliphatic carbocycles. The van der Waals surface area contributed by atoms with Gasteiger partial charge >= 0.3 is 0 Å². The van der Waals surface area contributed by atoms with Gasteiger partial charge in [0.25, 0.3) is 5.91 Å². The van der Waals surface area contributed by atoms with Crippen LogP contribution >= 0.6 is 0 Å². The third kappa shape index (κ3) is 5.09. The largest absolute Gasteiger partial charge is 0.491 e. The molecule has 0 saturated heterocycles. The number of aryl methyl sites for hydroxylation is 2. The monoisotopic (exact) mass is 414 g/mol. The number of para-hydroxylation sites is 3. The molecule has 4 rings (SSSR count). The summed E-state index contributed by atoms with van der Waals surface area (Å²) in [6.45, 7) is 3.91. The summed E-state index contributed by atoms with van der Waals surface area (Å²) in [6, 6.07) is 19.7. The Morgan fingerprint density at radius 1 is 1.06 bits per heavy atom. The van der Waals surface area contributed by atoms with Gasteiger partial charge in [-0.2, -0.15) is 0 Å². The summed E-state index contributed by atoms with van der Waals surface area (Å²) in [5.41, 5.74) is 3.78. The lowest BCUT2D eigenvalue weighted by atomic mass is 10.2. The zero-order valence-corrected chi connectivity index (χ0v) is 17.6. The van der Waals surface area contributed by atoms with Gasteiger partial charge < -0.3 is 14.6 Å². The molecule has 0 spiro atoms. The van der Waals surface area contributed by atoms with E-state index in [1.54, 1.807) is 24.5 Å². The Morgan fingerprint density at radius 2 is 1.90 bits per heavy atom. The molecule has 4 aromatic rings. The topological polar surface area (TPSA) is 69.0 Å². The number of ether oxygens (including phenoxy) is 1. The number of hydrogen-bond acceptors (Lipinski definition) is 4. The highest BCUT2D eigenvalue weighted by molar-refractivity contribution is 5.93. The van der Waals surface area contributed by atoms with Crippen LogP contribution in [-0.4, -0.2) is 33.6 Å². The van der Waals surface area contributed by atoms with Gasteiger partial charge in [0.15, 0.2) is 0 Å². The number of hydrogen-bond donors (Lipinski definition) is 1. The number of amides is 1. The Balaban J connectivity index is 1.38. The standard InChI is InChI=1S/C25H26N4O2/c1-19-8-2-5-12-23(19)31-17-16-29-22-11-4-3-10-21(22)28-24(29)13-7-15-27-25(30)20-9-6-14-26-18-20/h2-6,8-12,14,18H,7,13,15-17H2,1H3,(H,27,30). The molecule has 0 fully saturated rings. The lowest BCUT2D eigenvalue weighted by Crippen LogP contribution is -2.25. The predicted molar refractivity (Wildman–Crippen MR) is 121 cm³/mol. The Hall–Kier alpha value is -3.67. The molecule has 0 saturated carbocycles. The molecule has 2 aromatic heterocycles. The molecular weight excluding hydrogens is 388 g/mol. The molecule has 0 aliphatic heterocycles. The first-order valence-electron chi connectivity index (χ1n) is 10.5. The average molecular weight is 415 g/mol. The van der Waals surface area contributed by atoms with Crippen molar-refractivity contribution in [2.24, 2.45) is 0 Å². The first kappa shape index (κ1) is 20.6. The van der Waals surface area contributed by atoms with Gasteiger partial charge in [0.2, 0.25) is 0 Å². The van der Waals surface area contributed by atoms with Crippen LogP contribution in [0.15, 0.2) is 73.1 Å². The van der Waals surface area contributed by atoms with E-state index >= 15 is 0 Å². The molecule has 0 atom stereocenters. The molecule has 6 nitrogen and oxygen atoms in total. The van der Waals surface area contributed by atoms with E-state index in [0.717, 1.165) is 41.0 Å². The van der Waals surface area contributed by atoms with Crippen molar-refractivity contribution in [3.05, 3.63) is 90.0 Å². The minimum Gasteiger partial charge on any atom is -0.491 e. The SMILES string of the molecule is Cc1ccccc1OCCn1c(CCCNC(=O)c2cccnc2)nc2ccccc21. The van der Waals surface area contributed by atoms with Crippen LogP contribution in [-0.2, 0) is 13.0 Å². The fourth-order valence-corrected chi connectivity index (χ4v) is 3.58. The number of nitrogens with one attached hydrogen (secondary N) is 1. The van der Waals surface area contributed by atoms with E-state index in [4.69, 9.17) is 9.72 Å². The van der Waals surface area contributed by atoms with E-state index in [-0.39, 0.29) is 5.91 Å². The van der Waals surface area contributed by atoms with Crippen LogP contribution in [0.25, 0.3) is 11.0 Å². The van der Waals surface area contributed by atoms with Crippen molar-refractivity contribution >= 4 is 16.9 Å². The summed E-state index contributed by atoms with van der Waals surface area (Å²) in [5, 5.41) is 2.95. The van der Waals surface area contributed by atoms with Crippen LogP contribution in [0.1, 0.15) is 28.2 Å².